The minimum Gasteiger partial charge on any atom is -0.486 e. The third kappa shape index (κ3) is 4.39. The molecule has 1 aromatic carbocycles. The van der Waals surface area contributed by atoms with Gasteiger partial charge in [0.15, 0.2) is 11.7 Å². The number of ketones is 1. The number of pyridine rings is 1. The molecule has 1 atom stereocenters. The Labute approximate surface area is 138 Å². The molecule has 0 fully saturated rings. The van der Waals surface area contributed by atoms with Gasteiger partial charge in [0.2, 0.25) is 0 Å². The molecule has 0 aliphatic heterocycles. The normalized spacial score (nSPS) is 10.8. The lowest BCUT2D eigenvalue weighted by Gasteiger charge is -2.10. The maximum Gasteiger partial charge on any atom is 0.250 e. The molecule has 7 heteroatoms. The molecule has 0 spiro atoms. The van der Waals surface area contributed by atoms with E-state index in [4.69, 9.17) is 15.3 Å². The number of rotatable bonds is 6. The van der Waals surface area contributed by atoms with E-state index in [2.05, 4.69) is 10.3 Å². The second-order valence-electron chi connectivity index (χ2n) is 4.66. The van der Waals surface area contributed by atoms with E-state index < -0.39 is 24.2 Å². The third-order valence-electron chi connectivity index (χ3n) is 2.99. The van der Waals surface area contributed by atoms with Crippen LogP contribution in [0.3, 0.4) is 0 Å². The van der Waals surface area contributed by atoms with Crippen LogP contribution in [0.2, 0.25) is 0 Å². The van der Waals surface area contributed by atoms with E-state index in [9.17, 15) is 9.59 Å². The third-order valence-corrected chi connectivity index (χ3v) is 2.99. The first-order valence-electron chi connectivity index (χ1n) is 6.91. The Balaban J connectivity index is 1.94. The van der Waals surface area contributed by atoms with Crippen LogP contribution in [0.4, 0.5) is 5.82 Å². The van der Waals surface area contributed by atoms with Crippen LogP contribution >= 0.6 is 0 Å². The highest BCUT2D eigenvalue weighted by Gasteiger charge is 2.27. The molecular weight excluding hydrogens is 308 g/mol. The number of benzene rings is 1. The SMILES string of the molecule is N#Cc1ccc(OCC(=O)C(C#N)C(=O)Nc2ccccn2)cc1. The number of hydrogen-bond acceptors (Lipinski definition) is 6. The lowest BCUT2D eigenvalue weighted by Crippen LogP contribution is -2.32. The van der Waals surface area contributed by atoms with Crippen molar-refractivity contribution in [3.63, 3.8) is 0 Å². The zero-order valence-electron chi connectivity index (χ0n) is 12.5. The van der Waals surface area contributed by atoms with Crippen LogP contribution in [0.15, 0.2) is 48.7 Å². The molecule has 24 heavy (non-hydrogen) atoms. The van der Waals surface area contributed by atoms with E-state index >= 15 is 0 Å². The number of amides is 1. The highest BCUT2D eigenvalue weighted by Crippen LogP contribution is 2.12. The summed E-state index contributed by atoms with van der Waals surface area (Å²) in [5.41, 5.74) is 0.457. The molecule has 0 aliphatic rings. The maximum atomic E-state index is 12.0. The first kappa shape index (κ1) is 16.7. The Bertz CT molecular complexity index is 804. The van der Waals surface area contributed by atoms with E-state index in [1.807, 2.05) is 6.07 Å². The molecule has 0 aliphatic carbocycles. The molecule has 0 radical (unpaired) electrons. The quantitative estimate of drug-likeness (QED) is 0.809. The van der Waals surface area contributed by atoms with Gasteiger partial charge in [0.1, 0.15) is 18.2 Å². The van der Waals surface area contributed by atoms with Gasteiger partial charge >= 0.3 is 0 Å². The molecule has 1 aromatic heterocycles. The molecule has 0 saturated heterocycles. The van der Waals surface area contributed by atoms with E-state index in [-0.39, 0.29) is 5.82 Å². The number of nitrogens with zero attached hydrogens (tertiary/aromatic N) is 3. The first-order chi connectivity index (χ1) is 11.6. The van der Waals surface area contributed by atoms with Crippen LogP contribution in [-0.2, 0) is 9.59 Å². The Morgan fingerprint density at radius 1 is 1.17 bits per heavy atom. The van der Waals surface area contributed by atoms with Crippen molar-refractivity contribution in [2.24, 2.45) is 5.92 Å². The average Bonchev–Trinajstić information content (AvgIpc) is 2.62. The van der Waals surface area contributed by atoms with Gasteiger partial charge in [-0.05, 0) is 36.4 Å². The number of carbonyl (C=O) groups is 2. The molecule has 7 nitrogen and oxygen atoms in total. The predicted molar refractivity (Wildman–Crippen MR) is 83.6 cm³/mol. The van der Waals surface area contributed by atoms with Gasteiger partial charge < -0.3 is 10.1 Å². The van der Waals surface area contributed by atoms with E-state index in [1.54, 1.807) is 24.3 Å². The molecule has 1 amide bonds. The van der Waals surface area contributed by atoms with Gasteiger partial charge in [-0.1, -0.05) is 6.07 Å². The summed E-state index contributed by atoms with van der Waals surface area (Å²) in [6.07, 6.45) is 1.48. The second-order valence-corrected chi connectivity index (χ2v) is 4.66. The van der Waals surface area contributed by atoms with Gasteiger partial charge in [-0.15, -0.1) is 0 Å². The van der Waals surface area contributed by atoms with Crippen molar-refractivity contribution in [3.05, 3.63) is 54.2 Å². The Hall–Kier alpha value is -3.71. The van der Waals surface area contributed by atoms with Gasteiger partial charge in [0, 0.05) is 6.20 Å². The summed E-state index contributed by atoms with van der Waals surface area (Å²) in [7, 11) is 0. The molecule has 1 unspecified atom stereocenters. The fourth-order valence-electron chi connectivity index (χ4n) is 1.78. The smallest absolute Gasteiger partial charge is 0.250 e. The van der Waals surface area contributed by atoms with Crippen LogP contribution in [0, 0.1) is 28.6 Å². The Morgan fingerprint density at radius 3 is 2.50 bits per heavy atom. The molecule has 0 bridgehead atoms. The summed E-state index contributed by atoms with van der Waals surface area (Å²) in [4.78, 5) is 27.9. The van der Waals surface area contributed by atoms with Gasteiger partial charge in [-0.25, -0.2) is 4.98 Å². The monoisotopic (exact) mass is 320 g/mol. The van der Waals surface area contributed by atoms with Gasteiger partial charge in [0.25, 0.3) is 5.91 Å². The van der Waals surface area contributed by atoms with Crippen molar-refractivity contribution in [3.8, 4) is 17.9 Å². The summed E-state index contributed by atoms with van der Waals surface area (Å²) in [6.45, 7) is -0.431. The van der Waals surface area contributed by atoms with Crippen LogP contribution in [-0.4, -0.2) is 23.3 Å². The molecule has 1 heterocycles. The van der Waals surface area contributed by atoms with E-state index in [0.717, 1.165) is 0 Å². The number of ether oxygens (including phenoxy) is 1. The predicted octanol–water partition coefficient (Wildman–Crippen LogP) is 1.68. The number of aromatic nitrogens is 1. The molecule has 2 rings (SSSR count). The molecular formula is C17H12N4O3. The molecule has 0 saturated carbocycles. The fourth-order valence-corrected chi connectivity index (χ4v) is 1.78. The summed E-state index contributed by atoms with van der Waals surface area (Å²) in [6, 6.07) is 14.6. The van der Waals surface area contributed by atoms with Crippen LogP contribution in [0.5, 0.6) is 5.75 Å². The lowest BCUT2D eigenvalue weighted by molar-refractivity contribution is -0.130. The summed E-state index contributed by atoms with van der Waals surface area (Å²) in [5.74, 6) is -2.31. The van der Waals surface area contributed by atoms with E-state index in [1.165, 1.54) is 30.5 Å². The summed E-state index contributed by atoms with van der Waals surface area (Å²) < 4.78 is 5.24. The summed E-state index contributed by atoms with van der Waals surface area (Å²) >= 11 is 0. The highest BCUT2D eigenvalue weighted by molar-refractivity contribution is 6.09. The fraction of sp³-hybridized carbons (Fsp3) is 0.118. The highest BCUT2D eigenvalue weighted by atomic mass is 16.5. The Morgan fingerprint density at radius 2 is 1.92 bits per heavy atom. The minimum absolute atomic E-state index is 0.253. The zero-order valence-corrected chi connectivity index (χ0v) is 12.5. The topological polar surface area (TPSA) is 116 Å². The van der Waals surface area contributed by atoms with E-state index in [0.29, 0.717) is 11.3 Å². The van der Waals surface area contributed by atoms with Crippen molar-refractivity contribution in [2.75, 3.05) is 11.9 Å². The average molecular weight is 320 g/mol. The Kier molecular flexibility index (Phi) is 5.60. The van der Waals surface area contributed by atoms with Crippen molar-refractivity contribution >= 4 is 17.5 Å². The molecule has 1 N–H and O–H groups in total. The number of carbonyl (C=O) groups excluding carboxylic acids is 2. The largest absolute Gasteiger partial charge is 0.486 e. The molecule has 118 valence electrons. The van der Waals surface area contributed by atoms with Crippen LogP contribution in [0.25, 0.3) is 0 Å². The van der Waals surface area contributed by atoms with Gasteiger partial charge in [-0.2, -0.15) is 10.5 Å². The van der Waals surface area contributed by atoms with Crippen LogP contribution in [0.1, 0.15) is 5.56 Å². The van der Waals surface area contributed by atoms with Crippen molar-refractivity contribution < 1.29 is 14.3 Å². The van der Waals surface area contributed by atoms with Gasteiger partial charge in [0.05, 0.1) is 17.7 Å². The number of nitrogens with one attached hydrogen (secondary N) is 1. The second kappa shape index (κ2) is 8.06. The standard InChI is InChI=1S/C17H12N4O3/c18-9-12-4-6-13(7-5-12)24-11-15(22)14(10-19)17(23)21-16-3-1-2-8-20-16/h1-8,14H,11H2,(H,20,21,23). The number of Topliss-reactive ketones (excluding diaryl/α,β-unsaturated/α-hetero) is 1. The number of nitriles is 2. The zero-order chi connectivity index (χ0) is 17.4. The molecule has 2 aromatic rings. The maximum absolute atomic E-state index is 12.0. The van der Waals surface area contributed by atoms with Crippen LogP contribution < -0.4 is 10.1 Å². The number of anilines is 1. The number of hydrogen-bond donors (Lipinski definition) is 1. The van der Waals surface area contributed by atoms with Crippen molar-refractivity contribution in [1.29, 1.82) is 10.5 Å². The van der Waals surface area contributed by atoms with Gasteiger partial charge in [-0.3, -0.25) is 9.59 Å². The summed E-state index contributed by atoms with van der Waals surface area (Å²) in [5, 5.41) is 20.2. The first-order valence-corrected chi connectivity index (χ1v) is 6.91. The van der Waals surface area contributed by atoms with Crippen molar-refractivity contribution in [2.45, 2.75) is 0 Å². The lowest BCUT2D eigenvalue weighted by atomic mass is 10.1. The van der Waals surface area contributed by atoms with Crippen molar-refractivity contribution in [1.82, 2.24) is 4.98 Å². The minimum atomic E-state index is -1.50.